The highest BCUT2D eigenvalue weighted by Gasteiger charge is 2.04. The zero-order chi connectivity index (χ0) is 9.80. The van der Waals surface area contributed by atoms with Crippen LogP contribution in [0.25, 0.3) is 0 Å². The van der Waals surface area contributed by atoms with Gasteiger partial charge in [-0.25, -0.2) is 0 Å². The number of hydrogen-bond acceptors (Lipinski definition) is 1. The predicted octanol–water partition coefficient (Wildman–Crippen LogP) is 3.34. The zero-order valence-electron chi connectivity index (χ0n) is 8.27. The summed E-state index contributed by atoms with van der Waals surface area (Å²) in [4.78, 5) is 4.43. The van der Waals surface area contributed by atoms with Crippen molar-refractivity contribution in [2.75, 3.05) is 0 Å². The molecule has 0 aliphatic carbocycles. The molecular formula is C13H13N. The van der Waals surface area contributed by atoms with E-state index in [0.29, 0.717) is 0 Å². The SMILES string of the molecule is CC1=CC=CN=C(c2ccccc2)C1. The number of allylic oxidation sites excluding steroid dienone is 3. The maximum Gasteiger partial charge on any atom is 0.0516 e. The second kappa shape index (κ2) is 4.05. The number of aliphatic imine (C=N–C) groups is 1. The third-order valence-corrected chi connectivity index (χ3v) is 2.25. The Bertz CT molecular complexity index is 397. The van der Waals surface area contributed by atoms with Gasteiger partial charge in [0.15, 0.2) is 0 Å². The number of nitrogens with zero attached hydrogens (tertiary/aromatic N) is 1. The third kappa shape index (κ3) is 1.99. The molecule has 1 aromatic rings. The molecule has 1 heterocycles. The Balaban J connectivity index is 2.32. The van der Waals surface area contributed by atoms with Crippen molar-refractivity contribution in [3.05, 3.63) is 59.8 Å². The van der Waals surface area contributed by atoms with Gasteiger partial charge in [-0.15, -0.1) is 0 Å². The molecule has 0 saturated carbocycles. The molecule has 0 aromatic heterocycles. The Hall–Kier alpha value is -1.63. The molecule has 0 radical (unpaired) electrons. The van der Waals surface area contributed by atoms with Crippen LogP contribution in [0.3, 0.4) is 0 Å². The highest BCUT2D eigenvalue weighted by molar-refractivity contribution is 6.02. The molecule has 0 atom stereocenters. The minimum absolute atomic E-state index is 0.941. The Morgan fingerprint density at radius 2 is 1.93 bits per heavy atom. The molecule has 1 aliphatic rings. The maximum atomic E-state index is 4.43. The maximum absolute atomic E-state index is 4.43. The van der Waals surface area contributed by atoms with Gasteiger partial charge in [0, 0.05) is 12.6 Å². The Kier molecular flexibility index (Phi) is 2.59. The fourth-order valence-corrected chi connectivity index (χ4v) is 1.52. The first-order chi connectivity index (χ1) is 6.86. The highest BCUT2D eigenvalue weighted by Crippen LogP contribution is 2.13. The number of benzene rings is 1. The molecule has 0 unspecified atom stereocenters. The van der Waals surface area contributed by atoms with Gasteiger partial charge in [-0.1, -0.05) is 42.0 Å². The molecule has 2 rings (SSSR count). The molecule has 0 spiro atoms. The van der Waals surface area contributed by atoms with Crippen LogP contribution in [0.15, 0.2) is 59.2 Å². The van der Waals surface area contributed by atoms with E-state index < -0.39 is 0 Å². The van der Waals surface area contributed by atoms with Crippen molar-refractivity contribution in [2.24, 2.45) is 4.99 Å². The molecule has 0 bridgehead atoms. The first kappa shape index (κ1) is 8.95. The summed E-state index contributed by atoms with van der Waals surface area (Å²) >= 11 is 0. The molecule has 14 heavy (non-hydrogen) atoms. The second-order valence-electron chi connectivity index (χ2n) is 3.47. The van der Waals surface area contributed by atoms with E-state index in [-0.39, 0.29) is 0 Å². The van der Waals surface area contributed by atoms with Gasteiger partial charge in [-0.3, -0.25) is 4.99 Å². The quantitative estimate of drug-likeness (QED) is 0.633. The van der Waals surface area contributed by atoms with Crippen LogP contribution in [0.5, 0.6) is 0 Å². The van der Waals surface area contributed by atoms with Crippen molar-refractivity contribution in [1.82, 2.24) is 0 Å². The van der Waals surface area contributed by atoms with Crippen LogP contribution in [-0.4, -0.2) is 5.71 Å². The second-order valence-corrected chi connectivity index (χ2v) is 3.47. The van der Waals surface area contributed by atoms with E-state index in [9.17, 15) is 0 Å². The lowest BCUT2D eigenvalue weighted by Gasteiger charge is -2.04. The van der Waals surface area contributed by atoms with Crippen molar-refractivity contribution in [3.63, 3.8) is 0 Å². The molecular weight excluding hydrogens is 170 g/mol. The largest absolute Gasteiger partial charge is 0.260 e. The fraction of sp³-hybridized carbons (Fsp3) is 0.154. The summed E-state index contributed by atoms with van der Waals surface area (Å²) in [7, 11) is 0. The van der Waals surface area contributed by atoms with E-state index in [4.69, 9.17) is 0 Å². The lowest BCUT2D eigenvalue weighted by atomic mass is 10.0. The minimum Gasteiger partial charge on any atom is -0.260 e. The third-order valence-electron chi connectivity index (χ3n) is 2.25. The Labute approximate surface area is 84.5 Å². The first-order valence-corrected chi connectivity index (χ1v) is 4.80. The van der Waals surface area contributed by atoms with Crippen LogP contribution in [0.4, 0.5) is 0 Å². The summed E-state index contributed by atoms with van der Waals surface area (Å²) in [6.45, 7) is 2.13. The molecule has 1 aromatic carbocycles. The smallest absolute Gasteiger partial charge is 0.0516 e. The van der Waals surface area contributed by atoms with Gasteiger partial charge in [0.2, 0.25) is 0 Å². The molecule has 0 N–H and O–H groups in total. The van der Waals surface area contributed by atoms with Crippen LogP contribution in [0, 0.1) is 0 Å². The Morgan fingerprint density at radius 1 is 1.14 bits per heavy atom. The fourth-order valence-electron chi connectivity index (χ4n) is 1.52. The van der Waals surface area contributed by atoms with E-state index in [1.165, 1.54) is 11.1 Å². The monoisotopic (exact) mass is 183 g/mol. The summed E-state index contributed by atoms with van der Waals surface area (Å²) in [6, 6.07) is 10.3. The average molecular weight is 183 g/mol. The van der Waals surface area contributed by atoms with Crippen LogP contribution >= 0.6 is 0 Å². The van der Waals surface area contributed by atoms with Gasteiger partial charge >= 0.3 is 0 Å². The van der Waals surface area contributed by atoms with Gasteiger partial charge in [-0.05, 0) is 18.6 Å². The average Bonchev–Trinajstić information content (AvgIpc) is 2.44. The highest BCUT2D eigenvalue weighted by atomic mass is 14.7. The summed E-state index contributed by atoms with van der Waals surface area (Å²) < 4.78 is 0. The normalized spacial score (nSPS) is 15.8. The number of rotatable bonds is 1. The van der Waals surface area contributed by atoms with E-state index in [1.807, 2.05) is 30.5 Å². The zero-order valence-corrected chi connectivity index (χ0v) is 8.27. The van der Waals surface area contributed by atoms with Crippen molar-refractivity contribution in [2.45, 2.75) is 13.3 Å². The lowest BCUT2D eigenvalue weighted by molar-refractivity contribution is 1.26. The Morgan fingerprint density at radius 3 is 2.71 bits per heavy atom. The predicted molar refractivity (Wildman–Crippen MR) is 60.5 cm³/mol. The van der Waals surface area contributed by atoms with Crippen molar-refractivity contribution < 1.29 is 0 Å². The van der Waals surface area contributed by atoms with Gasteiger partial charge in [0.1, 0.15) is 0 Å². The van der Waals surface area contributed by atoms with Crippen molar-refractivity contribution in [1.29, 1.82) is 0 Å². The van der Waals surface area contributed by atoms with Crippen LogP contribution in [0.2, 0.25) is 0 Å². The summed E-state index contributed by atoms with van der Waals surface area (Å²) in [5, 5.41) is 0. The van der Waals surface area contributed by atoms with Gasteiger partial charge in [0.05, 0.1) is 5.71 Å². The molecule has 1 aliphatic heterocycles. The van der Waals surface area contributed by atoms with Crippen molar-refractivity contribution in [3.8, 4) is 0 Å². The van der Waals surface area contributed by atoms with Gasteiger partial charge < -0.3 is 0 Å². The topological polar surface area (TPSA) is 12.4 Å². The summed E-state index contributed by atoms with van der Waals surface area (Å²) in [5.74, 6) is 0. The molecule has 1 nitrogen and oxygen atoms in total. The minimum atomic E-state index is 0.941. The molecule has 1 heteroatoms. The van der Waals surface area contributed by atoms with Crippen LogP contribution in [0.1, 0.15) is 18.9 Å². The molecule has 0 saturated heterocycles. The van der Waals surface area contributed by atoms with Crippen LogP contribution in [-0.2, 0) is 0 Å². The molecule has 0 fully saturated rings. The van der Waals surface area contributed by atoms with E-state index in [1.54, 1.807) is 0 Å². The summed E-state index contributed by atoms with van der Waals surface area (Å²) in [6.07, 6.45) is 6.90. The molecule has 70 valence electrons. The van der Waals surface area contributed by atoms with Crippen LogP contribution < -0.4 is 0 Å². The standard InChI is InChI=1S/C13H13N/c1-11-6-5-9-14-13(10-11)12-7-3-2-4-8-12/h2-9H,10H2,1H3. The number of hydrogen-bond donors (Lipinski definition) is 0. The lowest BCUT2D eigenvalue weighted by Crippen LogP contribution is -1.99. The van der Waals surface area contributed by atoms with E-state index >= 15 is 0 Å². The first-order valence-electron chi connectivity index (χ1n) is 4.80. The summed E-state index contributed by atoms with van der Waals surface area (Å²) in [5.41, 5.74) is 3.71. The molecule has 0 amide bonds. The van der Waals surface area contributed by atoms with E-state index in [2.05, 4.69) is 30.1 Å². The van der Waals surface area contributed by atoms with Crippen molar-refractivity contribution >= 4 is 5.71 Å². The van der Waals surface area contributed by atoms with Gasteiger partial charge in [-0.2, -0.15) is 0 Å². The van der Waals surface area contributed by atoms with Gasteiger partial charge in [0.25, 0.3) is 0 Å². The van der Waals surface area contributed by atoms with E-state index in [0.717, 1.165) is 12.1 Å².